The Morgan fingerprint density at radius 1 is 1.47 bits per heavy atom. The summed E-state index contributed by atoms with van der Waals surface area (Å²) in [5, 5.41) is 7.90. The molecule has 3 rings (SSSR count). The van der Waals surface area contributed by atoms with E-state index in [1.165, 1.54) is 0 Å². The van der Waals surface area contributed by atoms with E-state index in [2.05, 4.69) is 31.3 Å². The largest absolute Gasteiger partial charge is 0.382 e. The van der Waals surface area contributed by atoms with Gasteiger partial charge in [0.1, 0.15) is 4.60 Å². The number of nitrogens with one attached hydrogen (secondary N) is 1. The molecule has 19 heavy (non-hydrogen) atoms. The first kappa shape index (κ1) is 12.9. The van der Waals surface area contributed by atoms with Crippen molar-refractivity contribution >= 4 is 27.3 Å². The number of aromatic nitrogens is 3. The Hall–Kier alpha value is -1.14. The summed E-state index contributed by atoms with van der Waals surface area (Å²) >= 11 is 3.45. The van der Waals surface area contributed by atoms with Crippen molar-refractivity contribution in [1.82, 2.24) is 14.6 Å². The van der Waals surface area contributed by atoms with Crippen molar-refractivity contribution in [2.75, 3.05) is 25.1 Å². The highest BCUT2D eigenvalue weighted by Crippen LogP contribution is 2.22. The minimum atomic E-state index is 0.678. The number of hydrogen-bond acceptors (Lipinski definition) is 4. The Bertz CT molecular complexity index is 577. The van der Waals surface area contributed by atoms with Crippen LogP contribution >= 0.6 is 15.9 Å². The quantitative estimate of drug-likeness (QED) is 0.943. The van der Waals surface area contributed by atoms with Gasteiger partial charge in [0, 0.05) is 19.8 Å². The van der Waals surface area contributed by atoms with Gasteiger partial charge in [0.25, 0.3) is 0 Å². The monoisotopic (exact) mass is 324 g/mol. The highest BCUT2D eigenvalue weighted by Gasteiger charge is 2.15. The molecule has 0 aromatic carbocycles. The number of rotatable bonds is 3. The molecule has 1 fully saturated rings. The maximum atomic E-state index is 5.38. The molecule has 1 aliphatic heterocycles. The Morgan fingerprint density at radius 3 is 3.05 bits per heavy atom. The van der Waals surface area contributed by atoms with Crippen molar-refractivity contribution in [3.63, 3.8) is 0 Å². The van der Waals surface area contributed by atoms with Crippen LogP contribution in [0.3, 0.4) is 0 Å². The summed E-state index contributed by atoms with van der Waals surface area (Å²) in [5.74, 6) is 0.678. The fraction of sp³-hybridized carbons (Fsp3) is 0.538. The number of halogens is 1. The normalized spacial score (nSPS) is 16.9. The number of ether oxygens (including phenoxy) is 1. The van der Waals surface area contributed by atoms with E-state index in [1.807, 2.05) is 23.7 Å². The molecule has 0 unspecified atom stereocenters. The third-order valence-electron chi connectivity index (χ3n) is 3.53. The molecule has 0 spiro atoms. The van der Waals surface area contributed by atoms with Crippen LogP contribution < -0.4 is 5.32 Å². The van der Waals surface area contributed by atoms with Crippen LogP contribution in [0.1, 0.15) is 18.5 Å². The predicted octanol–water partition coefficient (Wildman–Crippen LogP) is 2.64. The van der Waals surface area contributed by atoms with Crippen molar-refractivity contribution in [1.29, 1.82) is 0 Å². The molecule has 2 aromatic heterocycles. The highest BCUT2D eigenvalue weighted by molar-refractivity contribution is 9.10. The Morgan fingerprint density at radius 2 is 2.26 bits per heavy atom. The van der Waals surface area contributed by atoms with Crippen LogP contribution in [-0.2, 0) is 4.74 Å². The van der Waals surface area contributed by atoms with Crippen molar-refractivity contribution in [3.05, 3.63) is 22.6 Å². The number of anilines is 1. The third kappa shape index (κ3) is 2.74. The molecular formula is C13H17BrN4O. The molecule has 0 amide bonds. The smallest absolute Gasteiger partial charge is 0.177 e. The number of fused-ring (bicyclic) bond motifs is 1. The van der Waals surface area contributed by atoms with E-state index in [0.717, 1.165) is 54.2 Å². The second-order valence-corrected chi connectivity index (χ2v) is 5.76. The van der Waals surface area contributed by atoms with Gasteiger partial charge < -0.3 is 10.1 Å². The van der Waals surface area contributed by atoms with E-state index in [4.69, 9.17) is 4.74 Å². The summed E-state index contributed by atoms with van der Waals surface area (Å²) in [5.41, 5.74) is 2.94. The molecule has 6 heteroatoms. The molecule has 5 nitrogen and oxygen atoms in total. The first-order chi connectivity index (χ1) is 9.24. The SMILES string of the molecule is Cc1cnc2c(NCC3CCOCC3)cc(Br)nn12. The summed E-state index contributed by atoms with van der Waals surface area (Å²) in [6.45, 7) is 4.72. The first-order valence-corrected chi connectivity index (χ1v) is 7.36. The minimum absolute atomic E-state index is 0.678. The lowest BCUT2D eigenvalue weighted by Gasteiger charge is -2.22. The Labute approximate surface area is 120 Å². The second kappa shape index (κ2) is 5.46. The topological polar surface area (TPSA) is 51.5 Å². The molecule has 1 N–H and O–H groups in total. The first-order valence-electron chi connectivity index (χ1n) is 6.56. The highest BCUT2D eigenvalue weighted by atomic mass is 79.9. The van der Waals surface area contributed by atoms with Crippen LogP contribution in [0.5, 0.6) is 0 Å². The zero-order valence-corrected chi connectivity index (χ0v) is 12.5. The molecule has 2 aromatic rings. The van der Waals surface area contributed by atoms with Gasteiger partial charge in [-0.15, -0.1) is 0 Å². The molecule has 0 radical (unpaired) electrons. The summed E-state index contributed by atoms with van der Waals surface area (Å²) in [4.78, 5) is 4.42. The number of hydrogen-bond donors (Lipinski definition) is 1. The lowest BCUT2D eigenvalue weighted by Crippen LogP contribution is -2.22. The summed E-state index contributed by atoms with van der Waals surface area (Å²) in [7, 11) is 0. The summed E-state index contributed by atoms with van der Waals surface area (Å²) < 4.78 is 8.06. The van der Waals surface area contributed by atoms with Gasteiger partial charge in [-0.2, -0.15) is 5.10 Å². The number of aryl methyl sites for hydroxylation is 1. The molecular weight excluding hydrogens is 308 g/mol. The zero-order valence-electron chi connectivity index (χ0n) is 10.9. The molecule has 0 bridgehead atoms. The van der Waals surface area contributed by atoms with Gasteiger partial charge in [-0.25, -0.2) is 9.50 Å². The van der Waals surface area contributed by atoms with Crippen molar-refractivity contribution in [2.45, 2.75) is 19.8 Å². The summed E-state index contributed by atoms with van der Waals surface area (Å²) in [6.07, 6.45) is 4.10. The van der Waals surface area contributed by atoms with Crippen LogP contribution in [0.2, 0.25) is 0 Å². The van der Waals surface area contributed by atoms with Crippen molar-refractivity contribution in [3.8, 4) is 0 Å². The van der Waals surface area contributed by atoms with Gasteiger partial charge in [-0.05, 0) is 47.7 Å². The van der Waals surface area contributed by atoms with Crippen molar-refractivity contribution in [2.24, 2.45) is 5.92 Å². The Balaban J connectivity index is 1.79. The molecule has 0 aliphatic carbocycles. The molecule has 102 valence electrons. The van der Waals surface area contributed by atoms with Gasteiger partial charge in [-0.3, -0.25) is 0 Å². The van der Waals surface area contributed by atoms with Gasteiger partial charge in [0.15, 0.2) is 5.65 Å². The van der Waals surface area contributed by atoms with Crippen LogP contribution in [0.15, 0.2) is 16.9 Å². The van der Waals surface area contributed by atoms with Gasteiger partial charge in [-0.1, -0.05) is 0 Å². The average Bonchev–Trinajstić information content (AvgIpc) is 2.79. The van der Waals surface area contributed by atoms with E-state index >= 15 is 0 Å². The zero-order chi connectivity index (χ0) is 13.2. The van der Waals surface area contributed by atoms with E-state index in [9.17, 15) is 0 Å². The molecule has 0 saturated carbocycles. The average molecular weight is 325 g/mol. The Kier molecular flexibility index (Phi) is 3.70. The van der Waals surface area contributed by atoms with Crippen molar-refractivity contribution < 1.29 is 4.74 Å². The third-order valence-corrected chi connectivity index (χ3v) is 3.92. The molecule has 0 atom stereocenters. The molecule has 1 aliphatic rings. The van der Waals surface area contributed by atoms with E-state index < -0.39 is 0 Å². The molecule has 1 saturated heterocycles. The van der Waals surface area contributed by atoms with Gasteiger partial charge in [0.05, 0.1) is 17.6 Å². The number of imidazole rings is 1. The fourth-order valence-electron chi connectivity index (χ4n) is 2.38. The minimum Gasteiger partial charge on any atom is -0.382 e. The number of nitrogens with zero attached hydrogens (tertiary/aromatic N) is 3. The lowest BCUT2D eigenvalue weighted by molar-refractivity contribution is 0.0699. The maximum Gasteiger partial charge on any atom is 0.177 e. The van der Waals surface area contributed by atoms with Gasteiger partial charge >= 0.3 is 0 Å². The molecule has 3 heterocycles. The summed E-state index contributed by atoms with van der Waals surface area (Å²) in [6, 6.07) is 1.99. The standard InChI is InChI=1S/C13H17BrN4O/c1-9-7-16-13-11(6-12(14)17-18(9)13)15-8-10-2-4-19-5-3-10/h6-7,10,15H,2-5,8H2,1H3. The van der Waals surface area contributed by atoms with E-state index in [-0.39, 0.29) is 0 Å². The van der Waals surface area contributed by atoms with Gasteiger partial charge in [0.2, 0.25) is 0 Å². The predicted molar refractivity (Wildman–Crippen MR) is 77.5 cm³/mol. The van der Waals surface area contributed by atoms with Crippen LogP contribution in [-0.4, -0.2) is 34.4 Å². The lowest BCUT2D eigenvalue weighted by atomic mass is 10.0. The van der Waals surface area contributed by atoms with E-state index in [0.29, 0.717) is 5.92 Å². The fourth-order valence-corrected chi connectivity index (χ4v) is 2.77. The maximum absolute atomic E-state index is 5.38. The van der Waals surface area contributed by atoms with Crippen LogP contribution in [0, 0.1) is 12.8 Å². The van der Waals surface area contributed by atoms with E-state index in [1.54, 1.807) is 0 Å². The van der Waals surface area contributed by atoms with Crippen LogP contribution in [0.4, 0.5) is 5.69 Å². The second-order valence-electron chi connectivity index (χ2n) is 4.95. The van der Waals surface area contributed by atoms with Crippen LogP contribution in [0.25, 0.3) is 5.65 Å².